The Morgan fingerprint density at radius 3 is 2.77 bits per heavy atom. The third-order valence-corrected chi connectivity index (χ3v) is 3.72. The van der Waals surface area contributed by atoms with Crippen molar-refractivity contribution in [3.05, 3.63) is 66.2 Å². The Balaban J connectivity index is 1.57. The molecule has 0 fully saturated rings. The molecule has 0 saturated heterocycles. The molecule has 2 N–H and O–H groups in total. The fourth-order valence-electron chi connectivity index (χ4n) is 2.45. The summed E-state index contributed by atoms with van der Waals surface area (Å²) in [4.78, 5) is 11.9. The van der Waals surface area contributed by atoms with Crippen LogP contribution in [0, 0.1) is 0 Å². The highest BCUT2D eigenvalue weighted by Crippen LogP contribution is 2.26. The fraction of sp³-hybridized carbons (Fsp3) is 0.100. The Bertz CT molecular complexity index is 948. The Hall–Kier alpha value is -3.54. The van der Waals surface area contributed by atoms with E-state index in [1.165, 1.54) is 19.4 Å². The van der Waals surface area contributed by atoms with Gasteiger partial charge in [-0.05, 0) is 35.2 Å². The first-order valence-corrected chi connectivity index (χ1v) is 7.97. The van der Waals surface area contributed by atoms with Crippen LogP contribution in [0.5, 0.6) is 17.2 Å². The van der Waals surface area contributed by atoms with Gasteiger partial charge in [0.2, 0.25) is 0 Å². The Morgan fingerprint density at radius 2 is 1.92 bits per heavy atom. The second-order valence-electron chi connectivity index (χ2n) is 5.49. The molecule has 0 atom stereocenters. The van der Waals surface area contributed by atoms with Crippen LogP contribution in [0.3, 0.4) is 0 Å². The van der Waals surface area contributed by atoms with Crippen molar-refractivity contribution in [2.45, 2.75) is 0 Å². The molecule has 6 heteroatoms. The molecule has 0 radical (unpaired) electrons. The molecule has 26 heavy (non-hydrogen) atoms. The normalized spacial score (nSPS) is 10.8. The van der Waals surface area contributed by atoms with Gasteiger partial charge in [-0.25, -0.2) is 5.43 Å². The Morgan fingerprint density at radius 1 is 1.12 bits per heavy atom. The van der Waals surface area contributed by atoms with Gasteiger partial charge in [0, 0.05) is 5.39 Å². The van der Waals surface area contributed by atoms with Crippen LogP contribution in [0.4, 0.5) is 0 Å². The number of amides is 1. The van der Waals surface area contributed by atoms with E-state index in [1.54, 1.807) is 12.1 Å². The van der Waals surface area contributed by atoms with Gasteiger partial charge in [-0.3, -0.25) is 4.79 Å². The van der Waals surface area contributed by atoms with E-state index in [4.69, 9.17) is 9.47 Å². The van der Waals surface area contributed by atoms with Crippen molar-refractivity contribution in [3.8, 4) is 17.2 Å². The van der Waals surface area contributed by atoms with Crippen LogP contribution in [0.1, 0.15) is 5.56 Å². The molecule has 0 aliphatic rings. The van der Waals surface area contributed by atoms with Gasteiger partial charge >= 0.3 is 0 Å². The summed E-state index contributed by atoms with van der Waals surface area (Å²) in [7, 11) is 1.46. The van der Waals surface area contributed by atoms with Crippen LogP contribution in [0.2, 0.25) is 0 Å². The van der Waals surface area contributed by atoms with Gasteiger partial charge in [0.15, 0.2) is 18.1 Å². The van der Waals surface area contributed by atoms with Gasteiger partial charge in [0.25, 0.3) is 5.91 Å². The molecular formula is C20H18N2O4. The summed E-state index contributed by atoms with van der Waals surface area (Å²) < 4.78 is 10.6. The standard InChI is InChI=1S/C20H18N2O4/c1-25-19-11-14(9-10-17(19)23)12-21-22-20(24)13-26-18-8-4-6-15-5-2-3-7-16(15)18/h2-12,23H,13H2,1H3,(H,22,24)/b21-12-. The van der Waals surface area contributed by atoms with E-state index >= 15 is 0 Å². The molecule has 0 heterocycles. The zero-order chi connectivity index (χ0) is 18.4. The number of hydrogen-bond donors (Lipinski definition) is 2. The minimum absolute atomic E-state index is 0.0390. The first kappa shape index (κ1) is 17.3. The highest BCUT2D eigenvalue weighted by atomic mass is 16.5. The van der Waals surface area contributed by atoms with Gasteiger partial charge in [-0.15, -0.1) is 0 Å². The summed E-state index contributed by atoms with van der Waals surface area (Å²) in [6, 6.07) is 18.2. The van der Waals surface area contributed by atoms with Crippen molar-refractivity contribution in [2.24, 2.45) is 5.10 Å². The van der Waals surface area contributed by atoms with E-state index < -0.39 is 0 Å². The number of benzene rings is 3. The van der Waals surface area contributed by atoms with E-state index in [-0.39, 0.29) is 18.3 Å². The topological polar surface area (TPSA) is 80.2 Å². The summed E-state index contributed by atoms with van der Waals surface area (Å²) >= 11 is 0. The third-order valence-electron chi connectivity index (χ3n) is 3.72. The molecule has 0 unspecified atom stereocenters. The van der Waals surface area contributed by atoms with Crippen LogP contribution in [-0.2, 0) is 4.79 Å². The lowest BCUT2D eigenvalue weighted by Crippen LogP contribution is -2.24. The highest BCUT2D eigenvalue weighted by molar-refractivity contribution is 5.89. The lowest BCUT2D eigenvalue weighted by molar-refractivity contribution is -0.123. The lowest BCUT2D eigenvalue weighted by atomic mass is 10.1. The third kappa shape index (κ3) is 4.10. The maximum absolute atomic E-state index is 11.9. The summed E-state index contributed by atoms with van der Waals surface area (Å²) in [5, 5.41) is 15.4. The predicted octanol–water partition coefficient (Wildman–Crippen LogP) is 3.08. The molecule has 0 saturated carbocycles. The van der Waals surface area contributed by atoms with Crippen LogP contribution in [0.25, 0.3) is 10.8 Å². The van der Waals surface area contributed by atoms with E-state index in [1.807, 2.05) is 42.5 Å². The summed E-state index contributed by atoms with van der Waals surface area (Å²) in [6.07, 6.45) is 1.46. The number of nitrogens with zero attached hydrogens (tertiary/aromatic N) is 1. The number of nitrogens with one attached hydrogen (secondary N) is 1. The second-order valence-corrected chi connectivity index (χ2v) is 5.49. The quantitative estimate of drug-likeness (QED) is 0.529. The summed E-state index contributed by atoms with van der Waals surface area (Å²) in [5.74, 6) is 0.641. The molecule has 0 aromatic heterocycles. The second kappa shape index (κ2) is 8.02. The van der Waals surface area contributed by atoms with Crippen LogP contribution in [-0.4, -0.2) is 30.9 Å². The molecule has 132 valence electrons. The molecule has 0 aliphatic carbocycles. The van der Waals surface area contributed by atoms with Crippen molar-refractivity contribution in [2.75, 3.05) is 13.7 Å². The molecule has 3 rings (SSSR count). The average molecular weight is 350 g/mol. The molecule has 0 bridgehead atoms. The lowest BCUT2D eigenvalue weighted by Gasteiger charge is -2.08. The smallest absolute Gasteiger partial charge is 0.277 e. The van der Waals surface area contributed by atoms with E-state index in [9.17, 15) is 9.90 Å². The van der Waals surface area contributed by atoms with Gasteiger partial charge < -0.3 is 14.6 Å². The summed E-state index contributed by atoms with van der Waals surface area (Å²) in [5.41, 5.74) is 3.08. The van der Waals surface area contributed by atoms with Crippen molar-refractivity contribution in [3.63, 3.8) is 0 Å². The first-order chi connectivity index (χ1) is 12.7. The maximum Gasteiger partial charge on any atom is 0.277 e. The predicted molar refractivity (Wildman–Crippen MR) is 99.8 cm³/mol. The number of ether oxygens (including phenoxy) is 2. The fourth-order valence-corrected chi connectivity index (χ4v) is 2.45. The van der Waals surface area contributed by atoms with E-state index in [0.717, 1.165) is 10.8 Å². The Kier molecular flexibility index (Phi) is 5.34. The van der Waals surface area contributed by atoms with Crippen molar-refractivity contribution in [1.29, 1.82) is 0 Å². The number of methoxy groups -OCH3 is 1. The average Bonchev–Trinajstić information content (AvgIpc) is 2.67. The molecule has 3 aromatic rings. The van der Waals surface area contributed by atoms with E-state index in [0.29, 0.717) is 17.1 Å². The van der Waals surface area contributed by atoms with Crippen LogP contribution in [0.15, 0.2) is 65.8 Å². The summed E-state index contributed by atoms with van der Waals surface area (Å²) in [6.45, 7) is -0.149. The zero-order valence-electron chi connectivity index (χ0n) is 14.2. The SMILES string of the molecule is COc1cc(/C=N\NC(=O)COc2cccc3ccccc23)ccc1O. The number of phenols is 1. The first-order valence-electron chi connectivity index (χ1n) is 7.97. The molecule has 1 amide bonds. The van der Waals surface area contributed by atoms with Gasteiger partial charge in [-0.1, -0.05) is 36.4 Å². The molecule has 0 spiro atoms. The largest absolute Gasteiger partial charge is 0.504 e. The number of aromatic hydroxyl groups is 1. The van der Waals surface area contributed by atoms with E-state index in [2.05, 4.69) is 10.5 Å². The molecule has 3 aromatic carbocycles. The van der Waals surface area contributed by atoms with Crippen molar-refractivity contribution in [1.82, 2.24) is 5.43 Å². The molecule has 0 aliphatic heterocycles. The number of phenolic OH excluding ortho intramolecular Hbond substituents is 1. The Labute approximate surface area is 150 Å². The minimum atomic E-state index is -0.375. The van der Waals surface area contributed by atoms with Gasteiger partial charge in [-0.2, -0.15) is 5.10 Å². The number of hydrazone groups is 1. The molecule has 6 nitrogen and oxygen atoms in total. The van der Waals surface area contributed by atoms with Crippen LogP contribution < -0.4 is 14.9 Å². The number of carbonyl (C=O) groups is 1. The monoisotopic (exact) mass is 350 g/mol. The van der Waals surface area contributed by atoms with Crippen LogP contribution >= 0.6 is 0 Å². The van der Waals surface area contributed by atoms with Crippen molar-refractivity contribution < 1.29 is 19.4 Å². The number of rotatable bonds is 6. The maximum atomic E-state index is 11.9. The minimum Gasteiger partial charge on any atom is -0.504 e. The number of hydrogen-bond acceptors (Lipinski definition) is 5. The zero-order valence-corrected chi connectivity index (χ0v) is 14.2. The number of carbonyl (C=O) groups excluding carboxylic acids is 1. The molecular weight excluding hydrogens is 332 g/mol. The van der Waals surface area contributed by atoms with Crippen molar-refractivity contribution >= 4 is 22.9 Å². The number of fused-ring (bicyclic) bond motifs is 1. The van der Waals surface area contributed by atoms with Gasteiger partial charge in [0.05, 0.1) is 13.3 Å². The highest BCUT2D eigenvalue weighted by Gasteiger charge is 2.05. The van der Waals surface area contributed by atoms with Gasteiger partial charge in [0.1, 0.15) is 5.75 Å².